The number of nitrogens with zero attached hydrogens (tertiary/aromatic N) is 1. The Balaban J connectivity index is 1.37. The van der Waals surface area contributed by atoms with E-state index in [-0.39, 0.29) is 49.5 Å². The Morgan fingerprint density at radius 2 is 1.82 bits per heavy atom. The van der Waals surface area contributed by atoms with Gasteiger partial charge >= 0.3 is 5.97 Å². The number of hydroxylamine groups is 2. The number of benzene rings is 1. The van der Waals surface area contributed by atoms with E-state index in [1.165, 1.54) is 0 Å². The van der Waals surface area contributed by atoms with Crippen molar-refractivity contribution in [1.29, 1.82) is 0 Å². The molecule has 2 fully saturated rings. The Morgan fingerprint density at radius 3 is 2.56 bits per heavy atom. The number of aliphatic carboxylic acids is 1. The Labute approximate surface area is 204 Å². The van der Waals surface area contributed by atoms with Crippen LogP contribution in [0.1, 0.15) is 44.9 Å². The van der Waals surface area contributed by atoms with Gasteiger partial charge in [0.1, 0.15) is 0 Å². The first-order valence-corrected chi connectivity index (χ1v) is 12.9. The fourth-order valence-corrected chi connectivity index (χ4v) is 5.50. The second-order valence-electron chi connectivity index (χ2n) is 8.78. The average molecular weight is 491 g/mol. The maximum atomic E-state index is 12.4. The molecule has 0 aromatic heterocycles. The molecule has 34 heavy (non-hydrogen) atoms. The Hall–Kier alpha value is -2.36. The molecule has 4 atom stereocenters. The number of hydrogen-bond donors (Lipinski definition) is 3. The van der Waals surface area contributed by atoms with Gasteiger partial charge in [-0.05, 0) is 50.2 Å². The normalized spacial score (nSPS) is 23.3. The number of carbonyl (C=O) groups excluding carboxylic acids is 2. The van der Waals surface area contributed by atoms with E-state index in [0.29, 0.717) is 25.0 Å². The van der Waals surface area contributed by atoms with Gasteiger partial charge in [-0.3, -0.25) is 19.6 Å². The maximum Gasteiger partial charge on any atom is 0.303 e. The summed E-state index contributed by atoms with van der Waals surface area (Å²) in [5.74, 6) is -0.684. The molecule has 2 aliphatic rings. The highest BCUT2D eigenvalue weighted by Crippen LogP contribution is 2.45. The van der Waals surface area contributed by atoms with Crippen LogP contribution in [-0.2, 0) is 19.1 Å². The van der Waals surface area contributed by atoms with Gasteiger partial charge in [0.05, 0.1) is 25.3 Å². The van der Waals surface area contributed by atoms with Gasteiger partial charge in [-0.1, -0.05) is 30.4 Å². The molecular formula is C25H34N2O6S. The predicted octanol–water partition coefficient (Wildman–Crippen LogP) is 3.50. The van der Waals surface area contributed by atoms with Gasteiger partial charge in [-0.15, -0.1) is 11.8 Å². The predicted molar refractivity (Wildman–Crippen MR) is 128 cm³/mol. The molecule has 2 aliphatic heterocycles. The van der Waals surface area contributed by atoms with Crippen LogP contribution in [0.15, 0.2) is 47.4 Å². The van der Waals surface area contributed by atoms with Crippen LogP contribution in [0, 0.1) is 11.8 Å². The molecule has 2 saturated heterocycles. The number of fused-ring (bicyclic) bond motifs is 2. The summed E-state index contributed by atoms with van der Waals surface area (Å²) in [4.78, 5) is 36.1. The van der Waals surface area contributed by atoms with Gasteiger partial charge < -0.3 is 15.2 Å². The van der Waals surface area contributed by atoms with Crippen molar-refractivity contribution in [2.24, 2.45) is 11.8 Å². The summed E-state index contributed by atoms with van der Waals surface area (Å²) < 4.78 is 6.03. The molecule has 2 heterocycles. The van der Waals surface area contributed by atoms with Crippen molar-refractivity contribution in [2.75, 3.05) is 18.8 Å². The number of amides is 2. The van der Waals surface area contributed by atoms with Gasteiger partial charge in [0.15, 0.2) is 0 Å². The lowest BCUT2D eigenvalue weighted by atomic mass is 9.77. The topological polar surface area (TPSA) is 116 Å². The number of thioether (sulfide) groups is 1. The molecule has 0 aliphatic carbocycles. The molecule has 1 aromatic carbocycles. The molecule has 3 rings (SSSR count). The van der Waals surface area contributed by atoms with Gasteiger partial charge in [0.2, 0.25) is 5.91 Å². The number of rotatable bonds is 14. The van der Waals surface area contributed by atoms with Crippen LogP contribution < -0.4 is 5.32 Å². The largest absolute Gasteiger partial charge is 0.481 e. The van der Waals surface area contributed by atoms with E-state index in [9.17, 15) is 19.6 Å². The van der Waals surface area contributed by atoms with Crippen LogP contribution in [0.2, 0.25) is 0 Å². The van der Waals surface area contributed by atoms with E-state index in [1.807, 2.05) is 36.4 Å². The number of ether oxygens (including phenoxy) is 1. The zero-order valence-corrected chi connectivity index (χ0v) is 20.1. The molecule has 2 amide bonds. The monoisotopic (exact) mass is 490 g/mol. The minimum absolute atomic E-state index is 0.0301. The van der Waals surface area contributed by atoms with E-state index in [2.05, 4.69) is 11.4 Å². The summed E-state index contributed by atoms with van der Waals surface area (Å²) >= 11 is 1.58. The standard InChI is InChI=1S/C25H34N2O6S/c28-23(14-15-34-18-8-4-3-5-9-18)26-16-24(29)27(32)17-20-19(21-12-13-22(20)33-21)10-6-1-2-7-11-25(30)31/h1,3-6,8-9,19-22,32H,2,7,10-17H2,(H,26,28)(H,30,31)/b6-1-/t19-,20+,21-,22+/m0/s1. The summed E-state index contributed by atoms with van der Waals surface area (Å²) in [6.07, 6.45) is 8.67. The summed E-state index contributed by atoms with van der Waals surface area (Å²) in [5, 5.41) is 22.4. The van der Waals surface area contributed by atoms with Crippen molar-refractivity contribution in [3.05, 3.63) is 42.5 Å². The molecule has 0 radical (unpaired) electrons. The van der Waals surface area contributed by atoms with Crippen LogP contribution in [0.25, 0.3) is 0 Å². The van der Waals surface area contributed by atoms with Gasteiger partial charge in [-0.2, -0.15) is 0 Å². The minimum atomic E-state index is -0.787. The number of allylic oxidation sites excluding steroid dienone is 2. The zero-order chi connectivity index (χ0) is 24.3. The van der Waals surface area contributed by atoms with Crippen LogP contribution >= 0.6 is 11.8 Å². The van der Waals surface area contributed by atoms with Crippen LogP contribution in [-0.4, -0.2) is 64.2 Å². The number of carbonyl (C=O) groups is 3. The van der Waals surface area contributed by atoms with E-state index >= 15 is 0 Å². The van der Waals surface area contributed by atoms with Gasteiger partial charge in [-0.25, -0.2) is 5.06 Å². The van der Waals surface area contributed by atoms with E-state index in [1.54, 1.807) is 11.8 Å². The summed E-state index contributed by atoms with van der Waals surface area (Å²) in [5.41, 5.74) is 0. The fourth-order valence-electron chi connectivity index (χ4n) is 4.63. The first kappa shape index (κ1) is 26.2. The van der Waals surface area contributed by atoms with Crippen LogP contribution in [0.4, 0.5) is 0 Å². The van der Waals surface area contributed by atoms with Gasteiger partial charge in [0, 0.05) is 29.4 Å². The number of unbranched alkanes of at least 4 members (excludes halogenated alkanes) is 1. The molecule has 2 bridgehead atoms. The van der Waals surface area contributed by atoms with Crippen molar-refractivity contribution in [2.45, 2.75) is 62.0 Å². The smallest absolute Gasteiger partial charge is 0.303 e. The third-order valence-corrected chi connectivity index (χ3v) is 7.39. The molecule has 0 saturated carbocycles. The second-order valence-corrected chi connectivity index (χ2v) is 9.94. The second kappa shape index (κ2) is 13.5. The Kier molecular flexibility index (Phi) is 10.4. The van der Waals surface area contributed by atoms with Crippen molar-refractivity contribution in [3.8, 4) is 0 Å². The van der Waals surface area contributed by atoms with E-state index in [0.717, 1.165) is 29.2 Å². The van der Waals surface area contributed by atoms with Crippen LogP contribution in [0.5, 0.6) is 0 Å². The number of hydrogen-bond acceptors (Lipinski definition) is 6. The molecule has 186 valence electrons. The summed E-state index contributed by atoms with van der Waals surface area (Å²) in [6, 6.07) is 9.80. The molecule has 9 heteroatoms. The molecule has 0 unspecified atom stereocenters. The van der Waals surface area contributed by atoms with Crippen molar-refractivity contribution in [3.63, 3.8) is 0 Å². The van der Waals surface area contributed by atoms with Crippen molar-refractivity contribution < 1.29 is 29.4 Å². The van der Waals surface area contributed by atoms with Crippen LogP contribution in [0.3, 0.4) is 0 Å². The SMILES string of the molecule is O=C(O)CCC/C=C\C[C@H]1[C@@H](CN(O)C(=O)CNC(=O)CCSc2ccccc2)[C@H]2CC[C@@H]1O2. The summed E-state index contributed by atoms with van der Waals surface area (Å²) in [7, 11) is 0. The lowest BCUT2D eigenvalue weighted by Gasteiger charge is -2.29. The molecule has 0 spiro atoms. The first-order chi connectivity index (χ1) is 16.4. The lowest BCUT2D eigenvalue weighted by Crippen LogP contribution is -2.43. The third kappa shape index (κ3) is 8.14. The third-order valence-electron chi connectivity index (χ3n) is 6.38. The average Bonchev–Trinajstić information content (AvgIpc) is 3.42. The first-order valence-electron chi connectivity index (χ1n) is 11.9. The lowest BCUT2D eigenvalue weighted by molar-refractivity contribution is -0.169. The minimum Gasteiger partial charge on any atom is -0.481 e. The Morgan fingerprint density at radius 1 is 1.09 bits per heavy atom. The van der Waals surface area contributed by atoms with E-state index < -0.39 is 11.9 Å². The molecule has 3 N–H and O–H groups in total. The number of nitrogens with one attached hydrogen (secondary N) is 1. The highest BCUT2D eigenvalue weighted by atomic mass is 32.2. The Bertz CT molecular complexity index is 849. The molecule has 8 nitrogen and oxygen atoms in total. The number of carboxylic acids is 1. The number of carboxylic acid groups (broad SMARTS) is 1. The highest BCUT2D eigenvalue weighted by Gasteiger charge is 2.48. The van der Waals surface area contributed by atoms with Gasteiger partial charge in [0.25, 0.3) is 5.91 Å². The van der Waals surface area contributed by atoms with Crippen molar-refractivity contribution in [1.82, 2.24) is 10.4 Å². The highest BCUT2D eigenvalue weighted by molar-refractivity contribution is 7.99. The quantitative estimate of drug-likeness (QED) is 0.120. The fraction of sp³-hybridized carbons (Fsp3) is 0.560. The summed E-state index contributed by atoms with van der Waals surface area (Å²) in [6.45, 7) is -0.0571. The van der Waals surface area contributed by atoms with Crippen molar-refractivity contribution >= 4 is 29.5 Å². The zero-order valence-electron chi connectivity index (χ0n) is 19.3. The van der Waals surface area contributed by atoms with E-state index in [4.69, 9.17) is 9.84 Å². The molecule has 1 aromatic rings. The molecular weight excluding hydrogens is 456 g/mol. The maximum absolute atomic E-state index is 12.4.